The van der Waals surface area contributed by atoms with E-state index in [0.29, 0.717) is 19.6 Å². The molecule has 0 aliphatic rings. The molecule has 0 aliphatic carbocycles. The lowest BCUT2D eigenvalue weighted by Crippen LogP contribution is -2.52. The van der Waals surface area contributed by atoms with Gasteiger partial charge in [-0.3, -0.25) is 10.1 Å². The first-order chi connectivity index (χ1) is 9.01. The molecule has 19 heavy (non-hydrogen) atoms. The first kappa shape index (κ1) is 16.1. The van der Waals surface area contributed by atoms with Crippen molar-refractivity contribution < 1.29 is 14.3 Å². The highest BCUT2D eigenvalue weighted by Crippen LogP contribution is 2.17. The fourth-order valence-electron chi connectivity index (χ4n) is 1.87. The van der Waals surface area contributed by atoms with Gasteiger partial charge in [-0.25, -0.2) is 0 Å². The van der Waals surface area contributed by atoms with Crippen molar-refractivity contribution in [1.82, 2.24) is 5.32 Å². The van der Waals surface area contributed by atoms with Gasteiger partial charge in [0, 0.05) is 24.5 Å². The molecule has 106 valence electrons. The smallest absolute Gasteiger partial charge is 0.326 e. The van der Waals surface area contributed by atoms with E-state index in [0.717, 1.165) is 10.0 Å². The van der Waals surface area contributed by atoms with Crippen LogP contribution in [-0.4, -0.2) is 38.9 Å². The Hall–Kier alpha value is -0.910. The van der Waals surface area contributed by atoms with E-state index in [4.69, 9.17) is 9.47 Å². The lowest BCUT2D eigenvalue weighted by atomic mass is 9.93. The van der Waals surface area contributed by atoms with E-state index >= 15 is 0 Å². The Kier molecular flexibility index (Phi) is 6.48. The summed E-state index contributed by atoms with van der Waals surface area (Å²) in [4.78, 5) is 12.0. The number of nitrogens with one attached hydrogen (secondary N) is 1. The van der Waals surface area contributed by atoms with E-state index < -0.39 is 5.54 Å². The largest absolute Gasteiger partial charge is 0.468 e. The van der Waals surface area contributed by atoms with Gasteiger partial charge in [-0.1, -0.05) is 28.1 Å². The number of hydrogen-bond acceptors (Lipinski definition) is 4. The normalized spacial score (nSPS) is 13.9. The van der Waals surface area contributed by atoms with Crippen LogP contribution in [0.5, 0.6) is 0 Å². The number of carbonyl (C=O) groups is 1. The summed E-state index contributed by atoms with van der Waals surface area (Å²) in [7, 11) is 3.03. The minimum Gasteiger partial charge on any atom is -0.468 e. The summed E-state index contributed by atoms with van der Waals surface area (Å²) in [5.41, 5.74) is 0.321. The SMILES string of the molecule is COCCNC(C)(Cc1ccc(Br)cc1)C(=O)OC. The molecule has 0 aromatic heterocycles. The monoisotopic (exact) mass is 329 g/mol. The van der Waals surface area contributed by atoms with E-state index in [1.165, 1.54) is 7.11 Å². The second-order valence-corrected chi connectivity index (χ2v) is 5.46. The molecule has 4 nitrogen and oxygen atoms in total. The van der Waals surface area contributed by atoms with E-state index in [1.807, 2.05) is 31.2 Å². The van der Waals surface area contributed by atoms with Crippen molar-refractivity contribution >= 4 is 21.9 Å². The van der Waals surface area contributed by atoms with Crippen LogP contribution in [0.15, 0.2) is 28.7 Å². The third kappa shape index (κ3) is 4.93. The summed E-state index contributed by atoms with van der Waals surface area (Å²) in [6, 6.07) is 7.90. The molecule has 5 heteroatoms. The van der Waals surface area contributed by atoms with Crippen LogP contribution >= 0.6 is 15.9 Å². The molecule has 0 amide bonds. The van der Waals surface area contributed by atoms with Crippen molar-refractivity contribution in [2.24, 2.45) is 0 Å². The summed E-state index contributed by atoms with van der Waals surface area (Å²) >= 11 is 3.40. The molecule has 0 radical (unpaired) electrons. The van der Waals surface area contributed by atoms with Crippen molar-refractivity contribution in [1.29, 1.82) is 0 Å². The summed E-state index contributed by atoms with van der Waals surface area (Å²) in [6.07, 6.45) is 0.566. The summed E-state index contributed by atoms with van der Waals surface area (Å²) < 4.78 is 10.9. The van der Waals surface area contributed by atoms with Gasteiger partial charge in [0.1, 0.15) is 5.54 Å². The van der Waals surface area contributed by atoms with Gasteiger partial charge in [0.2, 0.25) is 0 Å². The van der Waals surface area contributed by atoms with Crippen molar-refractivity contribution in [3.8, 4) is 0 Å². The fourth-order valence-corrected chi connectivity index (χ4v) is 2.14. The maximum absolute atomic E-state index is 12.0. The number of halogens is 1. The fraction of sp³-hybridized carbons (Fsp3) is 0.500. The molecule has 0 fully saturated rings. The number of methoxy groups -OCH3 is 2. The topological polar surface area (TPSA) is 47.6 Å². The van der Waals surface area contributed by atoms with E-state index in [1.54, 1.807) is 7.11 Å². The quantitative estimate of drug-likeness (QED) is 0.615. The molecule has 0 saturated heterocycles. The van der Waals surface area contributed by atoms with E-state index in [-0.39, 0.29) is 5.97 Å². The first-order valence-corrected chi connectivity index (χ1v) is 6.88. The Morgan fingerprint density at radius 2 is 1.95 bits per heavy atom. The maximum Gasteiger partial charge on any atom is 0.326 e. The Morgan fingerprint density at radius 3 is 2.47 bits per heavy atom. The highest BCUT2D eigenvalue weighted by Gasteiger charge is 2.33. The molecule has 0 heterocycles. The molecule has 1 atom stereocenters. The van der Waals surface area contributed by atoms with Gasteiger partial charge in [-0.05, 0) is 24.6 Å². The lowest BCUT2D eigenvalue weighted by molar-refractivity contribution is -0.148. The predicted molar refractivity (Wildman–Crippen MR) is 78.1 cm³/mol. The van der Waals surface area contributed by atoms with Gasteiger partial charge in [0.15, 0.2) is 0 Å². The second-order valence-electron chi connectivity index (χ2n) is 4.55. The molecule has 0 saturated carbocycles. The zero-order chi connectivity index (χ0) is 14.3. The van der Waals surface area contributed by atoms with Gasteiger partial charge in [0.05, 0.1) is 13.7 Å². The van der Waals surface area contributed by atoms with Crippen LogP contribution < -0.4 is 5.32 Å². The molecular weight excluding hydrogens is 310 g/mol. The van der Waals surface area contributed by atoms with E-state index in [2.05, 4.69) is 21.2 Å². The molecule has 1 rings (SSSR count). The summed E-state index contributed by atoms with van der Waals surface area (Å²) in [6.45, 7) is 2.99. The Balaban J connectivity index is 2.78. The first-order valence-electron chi connectivity index (χ1n) is 6.08. The highest BCUT2D eigenvalue weighted by atomic mass is 79.9. The van der Waals surface area contributed by atoms with E-state index in [9.17, 15) is 4.79 Å². The predicted octanol–water partition coefficient (Wildman–Crippen LogP) is 2.16. The van der Waals surface area contributed by atoms with Crippen molar-refractivity contribution in [2.75, 3.05) is 27.4 Å². The van der Waals surface area contributed by atoms with Crippen LogP contribution in [0.2, 0.25) is 0 Å². The van der Waals surface area contributed by atoms with Gasteiger partial charge in [-0.15, -0.1) is 0 Å². The molecule has 1 aromatic rings. The number of hydrogen-bond donors (Lipinski definition) is 1. The molecule has 1 N–H and O–H groups in total. The zero-order valence-electron chi connectivity index (χ0n) is 11.5. The molecule has 0 aliphatic heterocycles. The summed E-state index contributed by atoms with van der Waals surface area (Å²) in [5.74, 6) is -0.272. The number of esters is 1. The average molecular weight is 330 g/mol. The molecular formula is C14H20BrNO3. The molecule has 1 aromatic carbocycles. The van der Waals surface area contributed by atoms with Crippen LogP contribution in [0.3, 0.4) is 0 Å². The highest BCUT2D eigenvalue weighted by molar-refractivity contribution is 9.10. The standard InChI is InChI=1S/C14H20BrNO3/c1-14(13(17)19-3,16-8-9-18-2)10-11-4-6-12(15)7-5-11/h4-7,16H,8-10H2,1-3H3. The third-order valence-corrected chi connectivity index (χ3v) is 3.46. The maximum atomic E-state index is 12.0. The van der Waals surface area contributed by atoms with Crippen LogP contribution in [0.4, 0.5) is 0 Å². The van der Waals surface area contributed by atoms with Crippen LogP contribution in [0, 0.1) is 0 Å². The van der Waals surface area contributed by atoms with Crippen LogP contribution in [0.25, 0.3) is 0 Å². The van der Waals surface area contributed by atoms with Gasteiger partial charge < -0.3 is 9.47 Å². The van der Waals surface area contributed by atoms with Gasteiger partial charge in [0.25, 0.3) is 0 Å². The third-order valence-electron chi connectivity index (χ3n) is 2.93. The summed E-state index contributed by atoms with van der Waals surface area (Å²) in [5, 5.41) is 3.20. The number of benzene rings is 1. The molecule has 0 bridgehead atoms. The minimum absolute atomic E-state index is 0.272. The van der Waals surface area contributed by atoms with Crippen molar-refractivity contribution in [3.63, 3.8) is 0 Å². The molecule has 1 unspecified atom stereocenters. The van der Waals surface area contributed by atoms with Gasteiger partial charge in [-0.2, -0.15) is 0 Å². The Morgan fingerprint density at radius 1 is 1.32 bits per heavy atom. The van der Waals surface area contributed by atoms with Crippen LogP contribution in [-0.2, 0) is 20.7 Å². The number of rotatable bonds is 7. The Labute approximate surface area is 122 Å². The zero-order valence-corrected chi connectivity index (χ0v) is 13.1. The number of ether oxygens (including phenoxy) is 2. The minimum atomic E-state index is -0.749. The Bertz CT molecular complexity index is 408. The second kappa shape index (κ2) is 7.62. The lowest BCUT2D eigenvalue weighted by Gasteiger charge is -2.28. The van der Waals surface area contributed by atoms with Crippen LogP contribution in [0.1, 0.15) is 12.5 Å². The van der Waals surface area contributed by atoms with Crippen molar-refractivity contribution in [2.45, 2.75) is 18.9 Å². The number of carbonyl (C=O) groups excluding carboxylic acids is 1. The van der Waals surface area contributed by atoms with Crippen molar-refractivity contribution in [3.05, 3.63) is 34.3 Å². The van der Waals surface area contributed by atoms with Gasteiger partial charge >= 0.3 is 5.97 Å². The average Bonchev–Trinajstić information content (AvgIpc) is 2.41. The molecule has 0 spiro atoms.